The minimum absolute atomic E-state index is 0.117. The van der Waals surface area contributed by atoms with Gasteiger partial charge in [0.05, 0.1) is 52.9 Å². The molecule has 1 fully saturated rings. The molecule has 12 heteroatoms. The zero-order chi connectivity index (χ0) is 29.6. The van der Waals surface area contributed by atoms with Gasteiger partial charge in [-0.05, 0) is 22.4 Å². The maximum atomic E-state index is 11.7. The summed E-state index contributed by atoms with van der Waals surface area (Å²) in [5, 5.41) is 12.7. The van der Waals surface area contributed by atoms with Crippen molar-refractivity contribution in [3.05, 3.63) is 48.0 Å². The molecule has 1 unspecified atom stereocenters. The van der Waals surface area contributed by atoms with Crippen molar-refractivity contribution in [2.24, 2.45) is 0 Å². The van der Waals surface area contributed by atoms with E-state index in [9.17, 15) is 19.5 Å². The second kappa shape index (κ2) is 17.0. The number of carbonyl (C=O) groups is 3. The van der Waals surface area contributed by atoms with Crippen LogP contribution in [0.25, 0.3) is 10.8 Å². The van der Waals surface area contributed by atoms with Crippen LogP contribution < -0.4 is 0 Å². The van der Waals surface area contributed by atoms with E-state index in [1.54, 1.807) is 0 Å². The molecule has 1 aliphatic heterocycles. The van der Waals surface area contributed by atoms with Crippen LogP contribution in [0, 0.1) is 0 Å². The molecule has 2 aromatic rings. The van der Waals surface area contributed by atoms with Crippen molar-refractivity contribution in [3.63, 3.8) is 0 Å². The molecule has 1 heterocycles. The van der Waals surface area contributed by atoms with Gasteiger partial charge < -0.3 is 43.0 Å². The van der Waals surface area contributed by atoms with Crippen LogP contribution in [-0.4, -0.2) is 100.0 Å². The van der Waals surface area contributed by atoms with E-state index in [2.05, 4.69) is 30.3 Å². The van der Waals surface area contributed by atoms with Crippen LogP contribution in [0.5, 0.6) is 0 Å². The van der Waals surface area contributed by atoms with Crippen LogP contribution in [0.3, 0.4) is 0 Å². The highest BCUT2D eigenvalue weighted by Crippen LogP contribution is 2.28. The number of benzene rings is 2. The summed E-state index contributed by atoms with van der Waals surface area (Å²) in [4.78, 5) is 34.8. The van der Waals surface area contributed by atoms with E-state index in [-0.39, 0.29) is 19.8 Å². The molecule has 2 aromatic carbocycles. The first kappa shape index (κ1) is 32.4. The van der Waals surface area contributed by atoms with Crippen molar-refractivity contribution in [3.8, 4) is 0 Å². The zero-order valence-corrected chi connectivity index (χ0v) is 23.5. The Labute approximate surface area is 238 Å². The molecule has 1 aliphatic rings. The summed E-state index contributed by atoms with van der Waals surface area (Å²) in [5.41, 5.74) is 1.10. The second-order valence-electron chi connectivity index (χ2n) is 9.32. The maximum Gasteiger partial charge on any atom is 0.303 e. The number of rotatable bonds is 16. The largest absolute Gasteiger partial charge is 0.456 e. The van der Waals surface area contributed by atoms with E-state index >= 15 is 0 Å². The number of carbonyl (C=O) groups excluding carboxylic acids is 3. The Balaban J connectivity index is 1.29. The first-order chi connectivity index (χ1) is 19.7. The van der Waals surface area contributed by atoms with Crippen LogP contribution in [0.1, 0.15) is 26.3 Å². The van der Waals surface area contributed by atoms with Gasteiger partial charge in [0.15, 0.2) is 24.6 Å². The van der Waals surface area contributed by atoms with Gasteiger partial charge in [-0.2, -0.15) is 0 Å². The number of aliphatic hydroxyl groups is 1. The Morgan fingerprint density at radius 2 is 1.22 bits per heavy atom. The number of fused-ring (bicyclic) bond motifs is 1. The predicted octanol–water partition coefficient (Wildman–Crippen LogP) is 1.92. The number of esters is 3. The van der Waals surface area contributed by atoms with Crippen LogP contribution in [-0.2, 0) is 58.9 Å². The number of hydrogen-bond donors (Lipinski definition) is 1. The lowest BCUT2D eigenvalue weighted by molar-refractivity contribution is -0.297. The monoisotopic (exact) mass is 578 g/mol. The summed E-state index contributed by atoms with van der Waals surface area (Å²) in [5.74, 6) is -2.13. The van der Waals surface area contributed by atoms with Gasteiger partial charge in [0.2, 0.25) is 0 Å². The Bertz CT molecular complexity index is 1120. The molecule has 226 valence electrons. The minimum atomic E-state index is -1.63. The summed E-state index contributed by atoms with van der Waals surface area (Å²) in [6.07, 6.45) is -6.48. The molecule has 0 aromatic heterocycles. The molecule has 3 rings (SSSR count). The summed E-state index contributed by atoms with van der Waals surface area (Å²) in [6, 6.07) is 14.4. The normalized spacial score (nSPS) is 22.3. The van der Waals surface area contributed by atoms with Crippen molar-refractivity contribution in [2.45, 2.75) is 58.1 Å². The zero-order valence-electron chi connectivity index (χ0n) is 23.5. The third-order valence-corrected chi connectivity index (χ3v) is 6.00. The van der Waals surface area contributed by atoms with Crippen molar-refractivity contribution < 1.29 is 57.4 Å². The Hall–Kier alpha value is -3.13. The molecular weight excluding hydrogens is 540 g/mol. The highest BCUT2D eigenvalue weighted by Gasteiger charge is 2.51. The fraction of sp³-hybridized carbons (Fsp3) is 0.552. The van der Waals surface area contributed by atoms with Crippen molar-refractivity contribution in [2.75, 3.05) is 46.2 Å². The smallest absolute Gasteiger partial charge is 0.303 e. The number of hydrogen-bond acceptors (Lipinski definition) is 12. The topological polar surface area (TPSA) is 145 Å². The van der Waals surface area contributed by atoms with E-state index in [0.717, 1.165) is 19.4 Å². The van der Waals surface area contributed by atoms with Gasteiger partial charge in [-0.3, -0.25) is 14.4 Å². The summed E-state index contributed by atoms with van der Waals surface area (Å²) in [6.45, 7) is 5.87. The lowest BCUT2D eigenvalue weighted by atomic mass is 9.98. The molecule has 0 amide bonds. The third-order valence-electron chi connectivity index (χ3n) is 6.00. The van der Waals surface area contributed by atoms with Crippen LogP contribution >= 0.6 is 0 Å². The van der Waals surface area contributed by atoms with Gasteiger partial charge in [-0.15, -0.1) is 0 Å². The molecule has 1 saturated heterocycles. The molecule has 0 radical (unpaired) electrons. The number of aliphatic hydroxyl groups excluding tert-OH is 1. The minimum Gasteiger partial charge on any atom is -0.456 e. The Morgan fingerprint density at radius 3 is 1.85 bits per heavy atom. The number of ether oxygens (including phenoxy) is 8. The fourth-order valence-electron chi connectivity index (χ4n) is 4.28. The lowest BCUT2D eigenvalue weighted by Gasteiger charge is -2.42. The van der Waals surface area contributed by atoms with Gasteiger partial charge in [0.25, 0.3) is 0 Å². The van der Waals surface area contributed by atoms with Gasteiger partial charge in [-0.1, -0.05) is 36.4 Å². The predicted molar refractivity (Wildman–Crippen MR) is 144 cm³/mol. The Kier molecular flexibility index (Phi) is 13.4. The van der Waals surface area contributed by atoms with Gasteiger partial charge >= 0.3 is 17.9 Å². The van der Waals surface area contributed by atoms with Gasteiger partial charge in [-0.25, -0.2) is 0 Å². The summed E-state index contributed by atoms with van der Waals surface area (Å²) < 4.78 is 43.3. The molecule has 5 atom stereocenters. The van der Waals surface area contributed by atoms with Crippen molar-refractivity contribution >= 4 is 28.7 Å². The maximum absolute atomic E-state index is 11.7. The highest BCUT2D eigenvalue weighted by molar-refractivity contribution is 5.82. The Morgan fingerprint density at radius 1 is 0.683 bits per heavy atom. The van der Waals surface area contributed by atoms with E-state index < -0.39 is 48.6 Å². The molecule has 0 saturated carbocycles. The van der Waals surface area contributed by atoms with E-state index in [1.807, 2.05) is 12.1 Å². The molecule has 0 bridgehead atoms. The average molecular weight is 579 g/mol. The van der Waals surface area contributed by atoms with Gasteiger partial charge in [0.1, 0.15) is 6.10 Å². The third kappa shape index (κ3) is 11.0. The second-order valence-corrected chi connectivity index (χ2v) is 9.32. The quantitative estimate of drug-likeness (QED) is 0.176. The van der Waals surface area contributed by atoms with Crippen LogP contribution in [0.4, 0.5) is 0 Å². The van der Waals surface area contributed by atoms with E-state index in [1.165, 1.54) is 17.7 Å². The first-order valence-corrected chi connectivity index (χ1v) is 13.4. The molecular formula is C29H38O12. The van der Waals surface area contributed by atoms with Crippen molar-refractivity contribution in [1.29, 1.82) is 0 Å². The molecule has 12 nitrogen and oxygen atoms in total. The molecule has 0 aliphatic carbocycles. The molecule has 1 N–H and O–H groups in total. The SMILES string of the molecule is CC(=O)O[C@@H]1[C@H](OC(C)=O)[C@@H](OC(C)=O)C(O)O[C@@H]1COCCOCCOCCOCc1ccc2ccccc2c1. The van der Waals surface area contributed by atoms with Crippen LogP contribution in [0.2, 0.25) is 0 Å². The first-order valence-electron chi connectivity index (χ1n) is 13.4. The molecule has 41 heavy (non-hydrogen) atoms. The average Bonchev–Trinajstić information content (AvgIpc) is 2.92. The molecule has 0 spiro atoms. The fourth-order valence-corrected chi connectivity index (χ4v) is 4.28. The van der Waals surface area contributed by atoms with Crippen molar-refractivity contribution in [1.82, 2.24) is 0 Å². The highest BCUT2D eigenvalue weighted by atomic mass is 16.7. The summed E-state index contributed by atoms with van der Waals surface area (Å²) >= 11 is 0. The standard InChI is InChI=1S/C29H38O12/c1-19(30)38-26-25(41-29(33)28(40-21(3)32)27(26)39-20(2)31)18-37-15-13-35-11-10-34-12-14-36-17-22-8-9-23-6-4-5-7-24(23)16-22/h4-9,16,25-29,33H,10-15,17-18H2,1-3H3/t25-,26+,27+,28-,29?/m1/s1. The summed E-state index contributed by atoms with van der Waals surface area (Å²) in [7, 11) is 0. The van der Waals surface area contributed by atoms with Gasteiger partial charge in [0, 0.05) is 20.8 Å². The van der Waals surface area contributed by atoms with E-state index in [4.69, 9.17) is 37.9 Å². The van der Waals surface area contributed by atoms with E-state index in [0.29, 0.717) is 33.0 Å². The lowest BCUT2D eigenvalue weighted by Crippen LogP contribution is -2.62. The van der Waals surface area contributed by atoms with Crippen LogP contribution in [0.15, 0.2) is 42.5 Å².